The normalized spacial score (nSPS) is 19.9. The third-order valence-electron chi connectivity index (χ3n) is 4.90. The van der Waals surface area contributed by atoms with Crippen LogP contribution < -0.4 is 5.32 Å². The molecule has 0 aromatic carbocycles. The predicted molar refractivity (Wildman–Crippen MR) is 89.9 cm³/mol. The molecule has 0 fully saturated rings. The Morgan fingerprint density at radius 2 is 1.55 bits per heavy atom. The zero-order valence-corrected chi connectivity index (χ0v) is 15.2. The molecule has 2 N–H and O–H groups in total. The fourth-order valence-electron chi connectivity index (χ4n) is 2.93. The Morgan fingerprint density at radius 1 is 1.00 bits per heavy atom. The highest BCUT2D eigenvalue weighted by atomic mass is 16.3. The van der Waals surface area contributed by atoms with Crippen LogP contribution in [0.4, 0.5) is 0 Å². The van der Waals surface area contributed by atoms with Crippen LogP contribution in [0.3, 0.4) is 0 Å². The van der Waals surface area contributed by atoms with Gasteiger partial charge >= 0.3 is 0 Å². The SMILES string of the molecule is CNC(CC(C)C)C(C)CCC(C)CC(C)(O)C(C)C. The Morgan fingerprint density at radius 3 is 1.95 bits per heavy atom. The second-order valence-corrected chi connectivity index (χ2v) is 7.90. The van der Waals surface area contributed by atoms with Crippen molar-refractivity contribution in [2.24, 2.45) is 23.7 Å². The number of hydrogen-bond donors (Lipinski definition) is 2. The first-order chi connectivity index (χ1) is 9.10. The van der Waals surface area contributed by atoms with Crippen LogP contribution in [-0.4, -0.2) is 23.8 Å². The van der Waals surface area contributed by atoms with Gasteiger partial charge in [-0.25, -0.2) is 0 Å². The van der Waals surface area contributed by atoms with Crippen LogP contribution in [0.1, 0.15) is 74.1 Å². The number of aliphatic hydroxyl groups is 1. The summed E-state index contributed by atoms with van der Waals surface area (Å²) in [6.45, 7) is 15.4. The summed E-state index contributed by atoms with van der Waals surface area (Å²) in [5, 5.41) is 13.9. The predicted octanol–water partition coefficient (Wildman–Crippen LogP) is 4.47. The highest BCUT2D eigenvalue weighted by Crippen LogP contribution is 2.28. The molecule has 0 aromatic heterocycles. The van der Waals surface area contributed by atoms with E-state index in [2.05, 4.69) is 53.9 Å². The van der Waals surface area contributed by atoms with Gasteiger partial charge in [-0.3, -0.25) is 0 Å². The topological polar surface area (TPSA) is 32.3 Å². The van der Waals surface area contributed by atoms with Gasteiger partial charge < -0.3 is 10.4 Å². The van der Waals surface area contributed by atoms with Gasteiger partial charge in [0.05, 0.1) is 5.60 Å². The lowest BCUT2D eigenvalue weighted by molar-refractivity contribution is -0.00886. The van der Waals surface area contributed by atoms with E-state index in [0.29, 0.717) is 23.8 Å². The minimum atomic E-state index is -0.525. The Hall–Kier alpha value is -0.0800. The lowest BCUT2D eigenvalue weighted by Crippen LogP contribution is -2.35. The molecule has 0 amide bonds. The van der Waals surface area contributed by atoms with Crippen LogP contribution >= 0.6 is 0 Å². The Balaban J connectivity index is 4.19. The van der Waals surface area contributed by atoms with Crippen LogP contribution in [0.15, 0.2) is 0 Å². The first-order valence-corrected chi connectivity index (χ1v) is 8.49. The number of hydrogen-bond acceptors (Lipinski definition) is 2. The van der Waals surface area contributed by atoms with Gasteiger partial charge in [-0.1, -0.05) is 48.0 Å². The Labute approximate surface area is 127 Å². The van der Waals surface area contributed by atoms with Crippen molar-refractivity contribution in [1.29, 1.82) is 0 Å². The molecule has 0 radical (unpaired) electrons. The zero-order valence-electron chi connectivity index (χ0n) is 15.2. The quantitative estimate of drug-likeness (QED) is 0.620. The number of rotatable bonds is 10. The molecule has 0 aliphatic rings. The molecule has 0 aliphatic carbocycles. The number of nitrogens with one attached hydrogen (secondary N) is 1. The maximum Gasteiger partial charge on any atom is 0.0645 e. The molecular weight excluding hydrogens is 246 g/mol. The summed E-state index contributed by atoms with van der Waals surface area (Å²) in [6.07, 6.45) is 4.61. The minimum Gasteiger partial charge on any atom is -0.390 e. The summed E-state index contributed by atoms with van der Waals surface area (Å²) in [5.74, 6) is 2.36. The molecule has 2 heteroatoms. The minimum absolute atomic E-state index is 0.327. The van der Waals surface area contributed by atoms with Gasteiger partial charge in [-0.15, -0.1) is 0 Å². The van der Waals surface area contributed by atoms with Gasteiger partial charge in [0.1, 0.15) is 0 Å². The molecule has 0 aliphatic heterocycles. The van der Waals surface area contributed by atoms with Gasteiger partial charge in [0.15, 0.2) is 0 Å². The van der Waals surface area contributed by atoms with Gasteiger partial charge in [-0.2, -0.15) is 0 Å². The van der Waals surface area contributed by atoms with E-state index in [-0.39, 0.29) is 0 Å². The lowest BCUT2D eigenvalue weighted by Gasteiger charge is -2.32. The van der Waals surface area contributed by atoms with Crippen LogP contribution in [0, 0.1) is 23.7 Å². The van der Waals surface area contributed by atoms with E-state index >= 15 is 0 Å². The zero-order chi connectivity index (χ0) is 15.9. The van der Waals surface area contributed by atoms with Crippen molar-refractivity contribution in [2.45, 2.75) is 85.8 Å². The first kappa shape index (κ1) is 19.9. The second-order valence-electron chi connectivity index (χ2n) is 7.90. The van der Waals surface area contributed by atoms with Crippen molar-refractivity contribution in [3.63, 3.8) is 0 Å². The van der Waals surface area contributed by atoms with Crippen molar-refractivity contribution in [3.05, 3.63) is 0 Å². The molecule has 4 unspecified atom stereocenters. The van der Waals surface area contributed by atoms with Crippen LogP contribution in [0.5, 0.6) is 0 Å². The molecule has 0 aromatic rings. The largest absolute Gasteiger partial charge is 0.390 e. The molecule has 0 spiro atoms. The van der Waals surface area contributed by atoms with Gasteiger partial charge in [0.2, 0.25) is 0 Å². The highest BCUT2D eigenvalue weighted by Gasteiger charge is 2.27. The molecule has 0 saturated carbocycles. The molecule has 20 heavy (non-hydrogen) atoms. The molecule has 0 heterocycles. The third kappa shape index (κ3) is 7.64. The summed E-state index contributed by atoms with van der Waals surface area (Å²) in [5.41, 5.74) is -0.525. The summed E-state index contributed by atoms with van der Waals surface area (Å²) >= 11 is 0. The van der Waals surface area contributed by atoms with E-state index < -0.39 is 5.60 Å². The maximum atomic E-state index is 10.4. The third-order valence-corrected chi connectivity index (χ3v) is 4.90. The van der Waals surface area contributed by atoms with Crippen LogP contribution in [0.25, 0.3) is 0 Å². The highest BCUT2D eigenvalue weighted by molar-refractivity contribution is 4.80. The van der Waals surface area contributed by atoms with Gasteiger partial charge in [0.25, 0.3) is 0 Å². The van der Waals surface area contributed by atoms with Crippen molar-refractivity contribution in [1.82, 2.24) is 5.32 Å². The average molecular weight is 286 g/mol. The van der Waals surface area contributed by atoms with E-state index in [0.717, 1.165) is 12.3 Å². The summed E-state index contributed by atoms with van der Waals surface area (Å²) in [6, 6.07) is 0.618. The molecule has 4 atom stereocenters. The summed E-state index contributed by atoms with van der Waals surface area (Å²) < 4.78 is 0. The van der Waals surface area contributed by atoms with Crippen LogP contribution in [-0.2, 0) is 0 Å². The van der Waals surface area contributed by atoms with Crippen molar-refractivity contribution < 1.29 is 5.11 Å². The Bertz CT molecular complexity index is 248. The van der Waals surface area contributed by atoms with Crippen molar-refractivity contribution >= 4 is 0 Å². The van der Waals surface area contributed by atoms with E-state index in [1.54, 1.807) is 0 Å². The molecular formula is C18H39NO. The van der Waals surface area contributed by atoms with Gasteiger partial charge in [-0.05, 0) is 56.9 Å². The summed E-state index contributed by atoms with van der Waals surface area (Å²) in [4.78, 5) is 0. The van der Waals surface area contributed by atoms with E-state index in [1.807, 2.05) is 6.92 Å². The van der Waals surface area contributed by atoms with E-state index in [9.17, 15) is 5.11 Å². The molecule has 0 rings (SSSR count). The molecule has 2 nitrogen and oxygen atoms in total. The monoisotopic (exact) mass is 285 g/mol. The molecule has 0 saturated heterocycles. The lowest BCUT2D eigenvalue weighted by atomic mass is 9.81. The molecule has 122 valence electrons. The fourth-order valence-corrected chi connectivity index (χ4v) is 2.93. The Kier molecular flexibility index (Phi) is 9.01. The smallest absolute Gasteiger partial charge is 0.0645 e. The van der Waals surface area contributed by atoms with Gasteiger partial charge in [0, 0.05) is 6.04 Å². The second kappa shape index (κ2) is 9.04. The van der Waals surface area contributed by atoms with E-state index in [4.69, 9.17) is 0 Å². The fraction of sp³-hybridized carbons (Fsp3) is 1.00. The maximum absolute atomic E-state index is 10.4. The summed E-state index contributed by atoms with van der Waals surface area (Å²) in [7, 11) is 2.08. The van der Waals surface area contributed by atoms with Crippen LogP contribution in [0.2, 0.25) is 0 Å². The standard InChI is InChI=1S/C18H39NO/c1-13(2)11-17(19-8)16(6)10-9-15(5)12-18(7,20)14(3)4/h13-17,19-20H,9-12H2,1-8H3. The first-order valence-electron chi connectivity index (χ1n) is 8.49. The van der Waals surface area contributed by atoms with Crippen molar-refractivity contribution in [2.75, 3.05) is 7.05 Å². The molecule has 0 bridgehead atoms. The van der Waals surface area contributed by atoms with E-state index in [1.165, 1.54) is 19.3 Å². The van der Waals surface area contributed by atoms with Crippen molar-refractivity contribution in [3.8, 4) is 0 Å². The average Bonchev–Trinajstić information content (AvgIpc) is 2.31.